The number of hydrogen-bond acceptors (Lipinski definition) is 11. The van der Waals surface area contributed by atoms with E-state index < -0.39 is 73.6 Å². The molecule has 0 heterocycles. The first-order chi connectivity index (χ1) is 18.9. The number of aromatic hydroxyl groups is 1. The molecule has 1 aromatic carbocycles. The number of ketones is 2. The summed E-state index contributed by atoms with van der Waals surface area (Å²) in [7, 11) is 3.30. The molecule has 12 nitrogen and oxygen atoms in total. The zero-order valence-electron chi connectivity index (χ0n) is 23.3. The zero-order valence-corrected chi connectivity index (χ0v) is 24.2. The molecule has 1 amide bonds. The van der Waals surface area contributed by atoms with Crippen molar-refractivity contribution in [2.45, 2.75) is 30.9 Å². The first kappa shape index (κ1) is 30.1. The van der Waals surface area contributed by atoms with Gasteiger partial charge in [0.05, 0.1) is 22.9 Å². The van der Waals surface area contributed by atoms with Crippen LogP contribution < -0.4 is 10.6 Å². The van der Waals surface area contributed by atoms with Crippen LogP contribution in [0, 0.1) is 23.7 Å². The summed E-state index contributed by atoms with van der Waals surface area (Å²) in [6, 6.07) is 0.431. The van der Waals surface area contributed by atoms with Gasteiger partial charge in [-0.1, -0.05) is 11.8 Å². The molecule has 6 N–H and O–H groups in total. The number of rotatable bonds is 5. The fourth-order valence-electron chi connectivity index (χ4n) is 6.18. The van der Waals surface area contributed by atoms with E-state index in [1.807, 2.05) is 0 Å². The summed E-state index contributed by atoms with van der Waals surface area (Å²) in [5, 5.41) is 45.3. The number of benzene rings is 1. The summed E-state index contributed by atoms with van der Waals surface area (Å²) in [6.45, 7) is 0. The topological polar surface area (TPSA) is 199 Å². The lowest BCUT2D eigenvalue weighted by molar-refractivity contribution is -0.153. The highest BCUT2D eigenvalue weighted by Crippen LogP contribution is 2.54. The number of carbonyl (C=O) groups is 3. The number of nitrogens with two attached hydrogens (primary N) is 1. The van der Waals surface area contributed by atoms with Crippen molar-refractivity contribution in [3.63, 3.8) is 0 Å². The molecular weight excluding hydrogens is 554 g/mol. The van der Waals surface area contributed by atoms with Crippen LogP contribution in [0.3, 0.4) is 0 Å². The Morgan fingerprint density at radius 1 is 1.17 bits per heavy atom. The monoisotopic (exact) mass is 587 g/mol. The van der Waals surface area contributed by atoms with Gasteiger partial charge in [-0.25, -0.2) is 8.42 Å². The Morgan fingerprint density at radius 2 is 1.80 bits per heavy atom. The maximum absolute atomic E-state index is 14.0. The molecule has 0 aliphatic heterocycles. The molecule has 0 radical (unpaired) electrons. The molecule has 0 saturated heterocycles. The van der Waals surface area contributed by atoms with Gasteiger partial charge >= 0.3 is 0 Å². The van der Waals surface area contributed by atoms with Crippen molar-refractivity contribution in [1.29, 1.82) is 0 Å². The highest BCUT2D eigenvalue weighted by molar-refractivity contribution is 7.90. The summed E-state index contributed by atoms with van der Waals surface area (Å²) < 4.78 is 22.9. The van der Waals surface area contributed by atoms with Crippen molar-refractivity contribution < 1.29 is 43.2 Å². The number of nitrogens with zero attached hydrogens (tertiary/aromatic N) is 2. The van der Waals surface area contributed by atoms with Crippen molar-refractivity contribution in [2.24, 2.45) is 17.6 Å². The van der Waals surface area contributed by atoms with E-state index in [0.717, 1.165) is 6.26 Å². The second-order valence-corrected chi connectivity index (χ2v) is 13.4. The summed E-state index contributed by atoms with van der Waals surface area (Å²) in [5.74, 6) is -2.06. The molecule has 220 valence electrons. The number of hydrogen-bond donors (Lipinski definition) is 5. The van der Waals surface area contributed by atoms with Crippen LogP contribution in [0.1, 0.15) is 29.5 Å². The third-order valence-electron chi connectivity index (χ3n) is 8.00. The maximum Gasteiger partial charge on any atom is 0.255 e. The molecule has 0 aromatic heterocycles. The van der Waals surface area contributed by atoms with E-state index >= 15 is 0 Å². The summed E-state index contributed by atoms with van der Waals surface area (Å²) in [6.07, 6.45) is 1.20. The van der Waals surface area contributed by atoms with Gasteiger partial charge in [-0.15, -0.1) is 0 Å². The molecule has 13 heteroatoms. The van der Waals surface area contributed by atoms with Crippen LogP contribution in [0.25, 0.3) is 5.76 Å². The van der Waals surface area contributed by atoms with E-state index in [4.69, 9.17) is 5.73 Å². The van der Waals surface area contributed by atoms with Crippen LogP contribution in [-0.2, 0) is 30.6 Å². The Bertz CT molecular complexity index is 1610. The van der Waals surface area contributed by atoms with Crippen molar-refractivity contribution >= 4 is 38.8 Å². The molecule has 0 bridgehead atoms. The molecule has 0 spiro atoms. The number of aliphatic hydroxyl groups excluding tert-OH is 2. The minimum atomic E-state index is -3.25. The smallest absolute Gasteiger partial charge is 0.255 e. The van der Waals surface area contributed by atoms with E-state index in [1.165, 1.54) is 19.0 Å². The van der Waals surface area contributed by atoms with Gasteiger partial charge in [-0.05, 0) is 44.5 Å². The number of Topliss-reactive ketones (excluding diaryl/α,β-unsaturated/α-hetero) is 2. The first-order valence-corrected chi connectivity index (χ1v) is 14.9. The van der Waals surface area contributed by atoms with Gasteiger partial charge in [0.1, 0.15) is 32.7 Å². The number of anilines is 1. The average molecular weight is 588 g/mol. The highest BCUT2D eigenvalue weighted by atomic mass is 32.2. The molecule has 1 fully saturated rings. The van der Waals surface area contributed by atoms with Crippen LogP contribution in [0.2, 0.25) is 0 Å². The molecule has 41 heavy (non-hydrogen) atoms. The van der Waals surface area contributed by atoms with Gasteiger partial charge in [0, 0.05) is 44.0 Å². The molecular formula is C28H33N3O9S. The molecule has 4 atom stereocenters. The quantitative estimate of drug-likeness (QED) is 0.226. The lowest BCUT2D eigenvalue weighted by Crippen LogP contribution is -2.65. The van der Waals surface area contributed by atoms with E-state index in [9.17, 15) is 43.2 Å². The van der Waals surface area contributed by atoms with E-state index in [-0.39, 0.29) is 41.7 Å². The summed E-state index contributed by atoms with van der Waals surface area (Å²) in [5.41, 5.74) is 2.56. The average Bonchev–Trinajstić information content (AvgIpc) is 2.83. The number of aliphatic hydroxyl groups is 3. The number of sulfone groups is 1. The van der Waals surface area contributed by atoms with Crippen molar-refractivity contribution in [1.82, 2.24) is 4.90 Å². The minimum absolute atomic E-state index is 0.00821. The Balaban J connectivity index is 1.94. The number of phenols is 1. The predicted octanol–water partition coefficient (Wildman–Crippen LogP) is -0.184. The van der Waals surface area contributed by atoms with Gasteiger partial charge in [0.15, 0.2) is 11.4 Å². The number of primary amides is 1. The number of fused-ring (bicyclic) bond motifs is 3. The molecule has 0 unspecified atom stereocenters. The zero-order chi connectivity index (χ0) is 30.8. The van der Waals surface area contributed by atoms with Gasteiger partial charge in [-0.2, -0.15) is 0 Å². The second-order valence-electron chi connectivity index (χ2n) is 11.2. The Morgan fingerprint density at radius 3 is 2.34 bits per heavy atom. The van der Waals surface area contributed by atoms with E-state index in [2.05, 4.69) is 11.8 Å². The Kier molecular flexibility index (Phi) is 7.49. The third kappa shape index (κ3) is 4.75. The third-order valence-corrected chi connectivity index (χ3v) is 8.95. The fraction of sp³-hybridized carbons (Fsp3) is 0.464. The molecule has 1 aromatic rings. The lowest BCUT2D eigenvalue weighted by atomic mass is 9.57. The number of phenolic OH excluding ortho intramolecular Hbond substituents is 1. The molecule has 3 aliphatic rings. The minimum Gasteiger partial charge on any atom is -0.508 e. The SMILES string of the molecule is CN(C)c1cc(C#CCCS(C)(=O)=O)c(O)c2c1C[C@H]1C[C@@H]3[C@H](N(C)C)C(=O)C(C(N)=O)=C(O)[C@@]3(O)C(=O)C1=C2O. The van der Waals surface area contributed by atoms with Crippen molar-refractivity contribution in [3.8, 4) is 17.6 Å². The van der Waals surface area contributed by atoms with Crippen LogP contribution in [0.5, 0.6) is 5.75 Å². The standard InChI is InChI=1S/C28H33N3O9S/c1-30(2)17-12-13(8-6-7-9-41(5,39)40)22(32)19-15(17)10-14-11-16-21(31(3)4)24(34)20(27(29)37)26(36)28(16,38)25(35)18(14)23(19)33/h12,14,16,21,32-33,36,38H,7,9-11H2,1-5H3,(H2,29,37)/t14-,16+,21-,28-/m0/s1. The van der Waals surface area contributed by atoms with Gasteiger partial charge in [-0.3, -0.25) is 19.3 Å². The van der Waals surface area contributed by atoms with Crippen LogP contribution >= 0.6 is 0 Å². The predicted molar refractivity (Wildman–Crippen MR) is 150 cm³/mol. The number of carbonyl (C=O) groups excluding carboxylic acids is 3. The van der Waals surface area contributed by atoms with E-state index in [1.54, 1.807) is 25.1 Å². The van der Waals surface area contributed by atoms with E-state index in [0.29, 0.717) is 11.3 Å². The fourth-order valence-corrected chi connectivity index (χ4v) is 6.65. The first-order valence-electron chi connectivity index (χ1n) is 12.8. The van der Waals surface area contributed by atoms with Crippen LogP contribution in [-0.4, -0.2) is 103 Å². The second kappa shape index (κ2) is 10.2. The number of amides is 1. The van der Waals surface area contributed by atoms with Crippen LogP contribution in [0.4, 0.5) is 5.69 Å². The van der Waals surface area contributed by atoms with Crippen LogP contribution in [0.15, 0.2) is 23.0 Å². The highest BCUT2D eigenvalue weighted by Gasteiger charge is 2.64. The summed E-state index contributed by atoms with van der Waals surface area (Å²) >= 11 is 0. The van der Waals surface area contributed by atoms with Gasteiger partial charge < -0.3 is 31.1 Å². The molecule has 4 rings (SSSR count). The van der Waals surface area contributed by atoms with Gasteiger partial charge in [0.25, 0.3) is 5.91 Å². The summed E-state index contributed by atoms with van der Waals surface area (Å²) in [4.78, 5) is 42.5. The van der Waals surface area contributed by atoms with Crippen molar-refractivity contribution in [2.75, 3.05) is 45.1 Å². The van der Waals surface area contributed by atoms with Crippen molar-refractivity contribution in [3.05, 3.63) is 39.7 Å². The lowest BCUT2D eigenvalue weighted by Gasteiger charge is -2.50. The molecule has 1 saturated carbocycles. The number of likely N-dealkylation sites (N-methyl/N-ethyl adjacent to an activating group) is 1. The maximum atomic E-state index is 14.0. The Hall–Kier alpha value is -3.86. The molecule has 3 aliphatic carbocycles. The normalized spacial score (nSPS) is 25.8. The Labute approximate surface area is 237 Å². The van der Waals surface area contributed by atoms with Gasteiger partial charge in [0.2, 0.25) is 5.78 Å². The largest absolute Gasteiger partial charge is 0.508 e.